The van der Waals surface area contributed by atoms with Crippen molar-refractivity contribution in [3.05, 3.63) is 47.5 Å². The van der Waals surface area contributed by atoms with E-state index in [1.54, 1.807) is 31.5 Å². The molecule has 0 spiro atoms. The SMILES string of the molecule is COc1ccc(C(=O)NCc2cncnc2C(C)(C)C)cc1OC. The summed E-state index contributed by atoms with van der Waals surface area (Å²) in [6.45, 7) is 6.60. The van der Waals surface area contributed by atoms with Crippen molar-refractivity contribution < 1.29 is 14.3 Å². The van der Waals surface area contributed by atoms with Gasteiger partial charge in [0.1, 0.15) is 6.33 Å². The van der Waals surface area contributed by atoms with Gasteiger partial charge < -0.3 is 14.8 Å². The second-order valence-corrected chi connectivity index (χ2v) is 6.40. The number of carbonyl (C=O) groups excluding carboxylic acids is 1. The Morgan fingerprint density at radius 3 is 2.50 bits per heavy atom. The summed E-state index contributed by atoms with van der Waals surface area (Å²) in [6, 6.07) is 5.06. The van der Waals surface area contributed by atoms with Crippen molar-refractivity contribution in [1.29, 1.82) is 0 Å². The number of ether oxygens (including phenoxy) is 2. The van der Waals surface area contributed by atoms with Gasteiger partial charge in [-0.2, -0.15) is 0 Å². The highest BCUT2D eigenvalue weighted by molar-refractivity contribution is 5.94. The minimum atomic E-state index is -0.195. The fraction of sp³-hybridized carbons (Fsp3) is 0.389. The molecule has 2 rings (SSSR count). The lowest BCUT2D eigenvalue weighted by atomic mass is 9.89. The number of carbonyl (C=O) groups is 1. The van der Waals surface area contributed by atoms with Crippen LogP contribution in [0.25, 0.3) is 0 Å². The molecular weight excluding hydrogens is 306 g/mol. The minimum Gasteiger partial charge on any atom is -0.493 e. The molecule has 1 heterocycles. The Morgan fingerprint density at radius 2 is 1.88 bits per heavy atom. The molecule has 6 heteroatoms. The molecule has 0 aliphatic heterocycles. The van der Waals surface area contributed by atoms with Gasteiger partial charge in [-0.1, -0.05) is 20.8 Å². The van der Waals surface area contributed by atoms with Crippen LogP contribution in [-0.2, 0) is 12.0 Å². The molecule has 0 bridgehead atoms. The molecule has 0 aliphatic rings. The first kappa shape index (κ1) is 17.7. The predicted octanol–water partition coefficient (Wildman–Crippen LogP) is 2.72. The Balaban J connectivity index is 2.15. The summed E-state index contributed by atoms with van der Waals surface area (Å²) in [4.78, 5) is 20.8. The summed E-state index contributed by atoms with van der Waals surface area (Å²) in [5.41, 5.74) is 2.21. The van der Waals surface area contributed by atoms with Crippen molar-refractivity contribution in [2.75, 3.05) is 14.2 Å². The van der Waals surface area contributed by atoms with Gasteiger partial charge in [0.05, 0.1) is 19.9 Å². The smallest absolute Gasteiger partial charge is 0.251 e. The largest absolute Gasteiger partial charge is 0.493 e. The lowest BCUT2D eigenvalue weighted by Gasteiger charge is -2.21. The monoisotopic (exact) mass is 329 g/mol. The Labute approximate surface area is 142 Å². The third-order valence-corrected chi connectivity index (χ3v) is 3.58. The van der Waals surface area contributed by atoms with Crippen LogP contribution in [0.4, 0.5) is 0 Å². The number of rotatable bonds is 5. The molecular formula is C18H23N3O3. The zero-order valence-electron chi connectivity index (χ0n) is 14.7. The van der Waals surface area contributed by atoms with E-state index in [9.17, 15) is 4.79 Å². The Kier molecular flexibility index (Phi) is 5.39. The average molecular weight is 329 g/mol. The van der Waals surface area contributed by atoms with Crippen molar-refractivity contribution in [1.82, 2.24) is 15.3 Å². The van der Waals surface area contributed by atoms with Crippen LogP contribution in [0.15, 0.2) is 30.7 Å². The fourth-order valence-corrected chi connectivity index (χ4v) is 2.42. The molecule has 0 fully saturated rings. The van der Waals surface area contributed by atoms with Crippen LogP contribution in [-0.4, -0.2) is 30.1 Å². The van der Waals surface area contributed by atoms with Crippen LogP contribution < -0.4 is 14.8 Å². The summed E-state index contributed by atoms with van der Waals surface area (Å²) < 4.78 is 10.4. The van der Waals surface area contributed by atoms with E-state index in [2.05, 4.69) is 36.1 Å². The lowest BCUT2D eigenvalue weighted by molar-refractivity contribution is 0.0950. The van der Waals surface area contributed by atoms with Gasteiger partial charge in [-0.25, -0.2) is 9.97 Å². The number of nitrogens with one attached hydrogen (secondary N) is 1. The van der Waals surface area contributed by atoms with Crippen molar-refractivity contribution in [3.8, 4) is 11.5 Å². The fourth-order valence-electron chi connectivity index (χ4n) is 2.42. The number of hydrogen-bond donors (Lipinski definition) is 1. The van der Waals surface area contributed by atoms with Gasteiger partial charge in [-0.3, -0.25) is 4.79 Å². The average Bonchev–Trinajstić information content (AvgIpc) is 2.58. The zero-order valence-corrected chi connectivity index (χ0v) is 14.7. The van der Waals surface area contributed by atoms with Crippen LogP contribution in [0.1, 0.15) is 42.4 Å². The van der Waals surface area contributed by atoms with Crippen LogP contribution in [0, 0.1) is 0 Å². The second-order valence-electron chi connectivity index (χ2n) is 6.40. The van der Waals surface area contributed by atoms with Gasteiger partial charge in [0.25, 0.3) is 5.91 Å². The third-order valence-electron chi connectivity index (χ3n) is 3.58. The number of nitrogens with zero attached hydrogens (tertiary/aromatic N) is 2. The van der Waals surface area contributed by atoms with E-state index in [4.69, 9.17) is 9.47 Å². The predicted molar refractivity (Wildman–Crippen MR) is 91.4 cm³/mol. The van der Waals surface area contributed by atoms with Crippen LogP contribution in [0.5, 0.6) is 11.5 Å². The first-order chi connectivity index (χ1) is 11.4. The van der Waals surface area contributed by atoms with E-state index < -0.39 is 0 Å². The molecule has 0 atom stereocenters. The molecule has 0 saturated heterocycles. The molecule has 0 saturated carbocycles. The molecule has 0 aliphatic carbocycles. The normalized spacial score (nSPS) is 11.0. The maximum Gasteiger partial charge on any atom is 0.251 e. The van der Waals surface area contributed by atoms with Crippen LogP contribution >= 0.6 is 0 Å². The number of methoxy groups -OCH3 is 2. The Hall–Kier alpha value is -2.63. The van der Waals surface area contributed by atoms with Gasteiger partial charge >= 0.3 is 0 Å². The third kappa shape index (κ3) is 4.01. The van der Waals surface area contributed by atoms with Gasteiger partial charge in [0.2, 0.25) is 0 Å². The van der Waals surface area contributed by atoms with E-state index >= 15 is 0 Å². The maximum atomic E-state index is 12.4. The molecule has 1 aromatic heterocycles. The quantitative estimate of drug-likeness (QED) is 0.913. The molecule has 128 valence electrons. The van der Waals surface area contributed by atoms with E-state index in [1.807, 2.05) is 0 Å². The van der Waals surface area contributed by atoms with Crippen LogP contribution in [0.3, 0.4) is 0 Å². The number of hydrogen-bond acceptors (Lipinski definition) is 5. The van der Waals surface area contributed by atoms with Crippen LogP contribution in [0.2, 0.25) is 0 Å². The number of amides is 1. The molecule has 1 amide bonds. The molecule has 24 heavy (non-hydrogen) atoms. The highest BCUT2D eigenvalue weighted by Crippen LogP contribution is 2.27. The van der Waals surface area contributed by atoms with E-state index in [1.165, 1.54) is 13.4 Å². The topological polar surface area (TPSA) is 73.3 Å². The summed E-state index contributed by atoms with van der Waals surface area (Å²) in [5.74, 6) is 0.906. The highest BCUT2D eigenvalue weighted by Gasteiger charge is 2.20. The van der Waals surface area contributed by atoms with Crippen molar-refractivity contribution in [3.63, 3.8) is 0 Å². The Bertz CT molecular complexity index is 724. The number of aromatic nitrogens is 2. The molecule has 0 radical (unpaired) electrons. The molecule has 6 nitrogen and oxygen atoms in total. The van der Waals surface area contributed by atoms with Crippen molar-refractivity contribution in [2.45, 2.75) is 32.7 Å². The standard InChI is InChI=1S/C18H23N3O3/c1-18(2,3)16-13(9-19-11-21-16)10-20-17(22)12-6-7-14(23-4)15(8-12)24-5/h6-9,11H,10H2,1-5H3,(H,20,22). The summed E-state index contributed by atoms with van der Waals surface area (Å²) in [6.07, 6.45) is 3.27. The van der Waals surface area contributed by atoms with Crippen molar-refractivity contribution in [2.24, 2.45) is 0 Å². The first-order valence-electron chi connectivity index (χ1n) is 7.66. The van der Waals surface area contributed by atoms with E-state index in [0.29, 0.717) is 23.6 Å². The molecule has 0 unspecified atom stereocenters. The summed E-state index contributed by atoms with van der Waals surface area (Å²) in [7, 11) is 3.09. The zero-order chi connectivity index (χ0) is 17.7. The van der Waals surface area contributed by atoms with Crippen molar-refractivity contribution >= 4 is 5.91 Å². The van der Waals surface area contributed by atoms with Gasteiger partial charge in [-0.05, 0) is 18.2 Å². The molecule has 1 aromatic carbocycles. The number of benzene rings is 1. The molecule has 2 aromatic rings. The summed E-state index contributed by atoms with van der Waals surface area (Å²) in [5, 5.41) is 2.90. The van der Waals surface area contributed by atoms with Gasteiger partial charge in [-0.15, -0.1) is 0 Å². The summed E-state index contributed by atoms with van der Waals surface area (Å²) >= 11 is 0. The first-order valence-corrected chi connectivity index (χ1v) is 7.66. The van der Waals surface area contributed by atoms with E-state index in [0.717, 1.165) is 11.3 Å². The minimum absolute atomic E-state index is 0.119. The maximum absolute atomic E-state index is 12.4. The van der Waals surface area contributed by atoms with E-state index in [-0.39, 0.29) is 11.3 Å². The Morgan fingerprint density at radius 1 is 1.17 bits per heavy atom. The second kappa shape index (κ2) is 7.29. The van der Waals surface area contributed by atoms with Gasteiger partial charge in [0, 0.05) is 29.3 Å². The lowest BCUT2D eigenvalue weighted by Crippen LogP contribution is -2.26. The molecule has 1 N–H and O–H groups in total. The van der Waals surface area contributed by atoms with Gasteiger partial charge in [0.15, 0.2) is 11.5 Å². The highest BCUT2D eigenvalue weighted by atomic mass is 16.5.